The number of carbonyl (C=O) groups excluding carboxylic acids is 1. The number of ketones is 1. The average molecular weight is 386 g/mol. The third-order valence-electron chi connectivity index (χ3n) is 5.37. The molecule has 0 radical (unpaired) electrons. The van der Waals surface area contributed by atoms with Crippen LogP contribution in [0.2, 0.25) is 0 Å². The molecule has 142 valence electrons. The Morgan fingerprint density at radius 2 is 1.93 bits per heavy atom. The van der Waals surface area contributed by atoms with Crippen molar-refractivity contribution in [2.24, 2.45) is 0 Å². The summed E-state index contributed by atoms with van der Waals surface area (Å²) >= 11 is 0. The van der Waals surface area contributed by atoms with E-state index in [1.807, 2.05) is 24.3 Å². The van der Waals surface area contributed by atoms with Crippen molar-refractivity contribution >= 4 is 21.4 Å². The molecule has 1 aromatic carbocycles. The number of rotatable bonds is 2. The first kappa shape index (κ1) is 18.0. The molecule has 1 fully saturated rings. The van der Waals surface area contributed by atoms with Crippen molar-refractivity contribution in [2.75, 3.05) is 24.2 Å². The summed E-state index contributed by atoms with van der Waals surface area (Å²) in [5.74, 6) is 1.57. The molecule has 7 heteroatoms. The normalized spacial score (nSPS) is 22.9. The van der Waals surface area contributed by atoms with E-state index in [0.717, 1.165) is 31.6 Å². The standard InChI is InChI=1S/C20H22N2O4S/c1-27(24,25)15-7-8-19(21-14-15)22-11-4-9-20(10-12-22)13-17(23)16-5-2-3-6-18(16)26-20/h2-3,5-8,14H,4,9-13H2,1H3. The number of fused-ring (bicyclic) bond motifs is 1. The number of benzene rings is 1. The summed E-state index contributed by atoms with van der Waals surface area (Å²) in [6, 6.07) is 10.8. The van der Waals surface area contributed by atoms with Crippen molar-refractivity contribution < 1.29 is 17.9 Å². The first-order valence-electron chi connectivity index (χ1n) is 9.09. The lowest BCUT2D eigenvalue weighted by Crippen LogP contribution is -2.42. The van der Waals surface area contributed by atoms with Crippen LogP contribution < -0.4 is 9.64 Å². The van der Waals surface area contributed by atoms with E-state index in [0.29, 0.717) is 24.3 Å². The van der Waals surface area contributed by atoms with Gasteiger partial charge < -0.3 is 9.64 Å². The second-order valence-corrected chi connectivity index (χ2v) is 9.36. The molecule has 2 aliphatic rings. The molecule has 0 aliphatic carbocycles. The van der Waals surface area contributed by atoms with Crippen molar-refractivity contribution in [1.29, 1.82) is 0 Å². The highest BCUT2D eigenvalue weighted by Gasteiger charge is 2.41. The quantitative estimate of drug-likeness (QED) is 0.790. The number of sulfone groups is 1. The van der Waals surface area contributed by atoms with Crippen molar-refractivity contribution in [3.63, 3.8) is 0 Å². The van der Waals surface area contributed by atoms with Crippen LogP contribution in [0.25, 0.3) is 0 Å². The molecule has 27 heavy (non-hydrogen) atoms. The van der Waals surface area contributed by atoms with E-state index in [1.165, 1.54) is 12.5 Å². The van der Waals surface area contributed by atoms with E-state index < -0.39 is 15.4 Å². The van der Waals surface area contributed by atoms with Gasteiger partial charge in [0.25, 0.3) is 0 Å². The molecule has 0 bridgehead atoms. The van der Waals surface area contributed by atoms with Crippen LogP contribution in [-0.4, -0.2) is 44.1 Å². The zero-order valence-corrected chi connectivity index (χ0v) is 16.0. The van der Waals surface area contributed by atoms with Gasteiger partial charge in [0.15, 0.2) is 15.6 Å². The number of ether oxygens (including phenoxy) is 1. The number of hydrogen-bond acceptors (Lipinski definition) is 6. The van der Waals surface area contributed by atoms with Crippen LogP contribution in [0.1, 0.15) is 36.0 Å². The van der Waals surface area contributed by atoms with Crippen LogP contribution in [0, 0.1) is 0 Å². The predicted octanol–water partition coefficient (Wildman–Crippen LogP) is 2.88. The molecule has 6 nitrogen and oxygen atoms in total. The Labute approximate surface area is 159 Å². The van der Waals surface area contributed by atoms with E-state index in [-0.39, 0.29) is 10.7 Å². The van der Waals surface area contributed by atoms with Gasteiger partial charge >= 0.3 is 0 Å². The summed E-state index contributed by atoms with van der Waals surface area (Å²) in [4.78, 5) is 19.3. The van der Waals surface area contributed by atoms with E-state index in [2.05, 4.69) is 9.88 Å². The van der Waals surface area contributed by atoms with Crippen molar-refractivity contribution in [1.82, 2.24) is 4.98 Å². The fourth-order valence-electron chi connectivity index (χ4n) is 3.90. The lowest BCUT2D eigenvalue weighted by Gasteiger charge is -2.37. The number of carbonyl (C=O) groups is 1. The summed E-state index contributed by atoms with van der Waals surface area (Å²) in [5.41, 5.74) is 0.203. The number of aromatic nitrogens is 1. The third-order valence-corrected chi connectivity index (χ3v) is 6.47. The molecule has 1 spiro atoms. The number of pyridine rings is 1. The van der Waals surface area contributed by atoms with Gasteiger partial charge in [-0.05, 0) is 37.1 Å². The minimum atomic E-state index is -3.25. The van der Waals surface area contributed by atoms with Gasteiger partial charge in [-0.2, -0.15) is 0 Å². The maximum Gasteiger partial charge on any atom is 0.177 e. The second kappa shape index (κ2) is 6.64. The van der Waals surface area contributed by atoms with E-state index in [9.17, 15) is 13.2 Å². The van der Waals surface area contributed by atoms with Gasteiger partial charge in [0, 0.05) is 32.0 Å². The topological polar surface area (TPSA) is 76.6 Å². The first-order valence-corrected chi connectivity index (χ1v) is 11.0. The van der Waals surface area contributed by atoms with Crippen LogP contribution in [0.5, 0.6) is 5.75 Å². The van der Waals surface area contributed by atoms with Gasteiger partial charge in [0.1, 0.15) is 17.2 Å². The monoisotopic (exact) mass is 386 g/mol. The predicted molar refractivity (Wildman–Crippen MR) is 102 cm³/mol. The fourth-order valence-corrected chi connectivity index (χ4v) is 4.46. The smallest absolute Gasteiger partial charge is 0.177 e. The molecule has 0 amide bonds. The molecule has 1 unspecified atom stereocenters. The Morgan fingerprint density at radius 1 is 1.11 bits per heavy atom. The summed E-state index contributed by atoms with van der Waals surface area (Å²) < 4.78 is 29.5. The minimum Gasteiger partial charge on any atom is -0.486 e. The lowest BCUT2D eigenvalue weighted by atomic mass is 9.84. The van der Waals surface area contributed by atoms with Crippen LogP contribution in [0.15, 0.2) is 47.5 Å². The van der Waals surface area contributed by atoms with Crippen molar-refractivity contribution in [3.05, 3.63) is 48.2 Å². The van der Waals surface area contributed by atoms with E-state index in [1.54, 1.807) is 12.1 Å². The summed E-state index contributed by atoms with van der Waals surface area (Å²) in [6.45, 7) is 1.51. The molecule has 4 rings (SSSR count). The molecular weight excluding hydrogens is 364 g/mol. The van der Waals surface area contributed by atoms with Gasteiger partial charge in [-0.15, -0.1) is 0 Å². The minimum absolute atomic E-state index is 0.140. The summed E-state index contributed by atoms with van der Waals surface area (Å²) in [6.07, 6.45) is 5.40. The number of anilines is 1. The average Bonchev–Trinajstić information content (AvgIpc) is 2.84. The molecule has 3 heterocycles. The fraction of sp³-hybridized carbons (Fsp3) is 0.400. The maximum absolute atomic E-state index is 12.6. The van der Waals surface area contributed by atoms with Gasteiger partial charge in [-0.25, -0.2) is 13.4 Å². The van der Waals surface area contributed by atoms with E-state index >= 15 is 0 Å². The Bertz CT molecular complexity index is 972. The van der Waals surface area contributed by atoms with Crippen LogP contribution >= 0.6 is 0 Å². The highest BCUT2D eigenvalue weighted by atomic mass is 32.2. The summed E-state index contributed by atoms with van der Waals surface area (Å²) in [7, 11) is -3.25. The molecule has 1 saturated heterocycles. The van der Waals surface area contributed by atoms with Gasteiger partial charge in [0.05, 0.1) is 16.9 Å². The molecule has 0 saturated carbocycles. The van der Waals surface area contributed by atoms with Crippen LogP contribution in [0.4, 0.5) is 5.82 Å². The largest absolute Gasteiger partial charge is 0.486 e. The first-order chi connectivity index (χ1) is 12.9. The molecule has 1 atom stereocenters. The molecule has 0 N–H and O–H groups in total. The van der Waals surface area contributed by atoms with Crippen LogP contribution in [-0.2, 0) is 9.84 Å². The van der Waals surface area contributed by atoms with Crippen LogP contribution in [0.3, 0.4) is 0 Å². The number of hydrogen-bond donors (Lipinski definition) is 0. The Morgan fingerprint density at radius 3 is 2.67 bits per heavy atom. The number of nitrogens with zero attached hydrogens (tertiary/aromatic N) is 2. The Balaban J connectivity index is 1.52. The summed E-state index contributed by atoms with van der Waals surface area (Å²) in [5, 5.41) is 0. The van der Waals surface area contributed by atoms with E-state index in [4.69, 9.17) is 4.74 Å². The van der Waals surface area contributed by atoms with Gasteiger partial charge in [-0.3, -0.25) is 4.79 Å². The highest BCUT2D eigenvalue weighted by Crippen LogP contribution is 2.39. The zero-order valence-electron chi connectivity index (χ0n) is 15.2. The Hall–Kier alpha value is -2.41. The molecule has 2 aromatic rings. The molecule has 1 aromatic heterocycles. The highest BCUT2D eigenvalue weighted by molar-refractivity contribution is 7.90. The van der Waals surface area contributed by atoms with Gasteiger partial charge in [0.2, 0.25) is 0 Å². The number of Topliss-reactive ketones (excluding diaryl/α,β-unsaturated/α-hetero) is 1. The third kappa shape index (κ3) is 3.56. The maximum atomic E-state index is 12.6. The van der Waals surface area contributed by atoms with Crippen molar-refractivity contribution in [3.8, 4) is 5.75 Å². The second-order valence-electron chi connectivity index (χ2n) is 7.35. The Kier molecular flexibility index (Phi) is 4.42. The number of para-hydroxylation sites is 1. The molecule has 2 aliphatic heterocycles. The lowest BCUT2D eigenvalue weighted by molar-refractivity contribution is 0.0323. The van der Waals surface area contributed by atoms with Crippen molar-refractivity contribution in [2.45, 2.75) is 36.2 Å². The molecular formula is C20H22N2O4S. The SMILES string of the molecule is CS(=O)(=O)c1ccc(N2CCCC3(CC2)CC(=O)c2ccccc2O3)nc1. The van der Waals surface area contributed by atoms with Gasteiger partial charge in [-0.1, -0.05) is 12.1 Å². The zero-order chi connectivity index (χ0) is 19.1.